The fourth-order valence-corrected chi connectivity index (χ4v) is 0.333. The molecule has 0 atom stereocenters. The number of allylic oxidation sites excluding steroid dienone is 2. The largest absolute Gasteiger partial charge is 0.514 e. The van der Waals surface area contributed by atoms with E-state index in [1.165, 1.54) is 0 Å². The second-order valence-electron chi connectivity index (χ2n) is 1.52. The Morgan fingerprint density at radius 2 is 1.82 bits per heavy atom. The van der Waals surface area contributed by atoms with Crippen LogP contribution in [0.1, 0.15) is 0 Å². The standard InChI is InChI=1S/C6H5ClO4/c7-4(3-8)1-2-5(9)6(10)11/h1-3,8H,(H,10,11)/b2-1+,4-3-. The van der Waals surface area contributed by atoms with Crippen molar-refractivity contribution in [3.05, 3.63) is 23.4 Å². The molecule has 0 aliphatic rings. The van der Waals surface area contributed by atoms with Crippen LogP contribution in [-0.4, -0.2) is 22.0 Å². The summed E-state index contributed by atoms with van der Waals surface area (Å²) in [6.07, 6.45) is 2.28. The molecule has 0 fully saturated rings. The number of carboxylic acids is 1. The summed E-state index contributed by atoms with van der Waals surface area (Å²) >= 11 is 5.19. The van der Waals surface area contributed by atoms with Crippen LogP contribution in [0.25, 0.3) is 0 Å². The predicted octanol–water partition coefficient (Wildman–Crippen LogP) is 0.835. The van der Waals surface area contributed by atoms with Crippen LogP contribution in [0.15, 0.2) is 23.4 Å². The number of rotatable bonds is 3. The lowest BCUT2D eigenvalue weighted by atomic mass is 10.3. The van der Waals surface area contributed by atoms with Crippen molar-refractivity contribution in [2.24, 2.45) is 0 Å². The zero-order valence-corrected chi connectivity index (χ0v) is 6.08. The summed E-state index contributed by atoms with van der Waals surface area (Å²) in [5.74, 6) is -2.66. The summed E-state index contributed by atoms with van der Waals surface area (Å²) in [5, 5.41) is 16.1. The van der Waals surface area contributed by atoms with Gasteiger partial charge >= 0.3 is 5.97 Å². The van der Waals surface area contributed by atoms with Gasteiger partial charge in [0, 0.05) is 0 Å². The number of carbonyl (C=O) groups excluding carboxylic acids is 1. The lowest BCUT2D eigenvalue weighted by Crippen LogP contribution is -2.08. The molecule has 2 N–H and O–H groups in total. The minimum absolute atomic E-state index is 0.111. The zero-order chi connectivity index (χ0) is 8.85. The molecule has 11 heavy (non-hydrogen) atoms. The first-order valence-electron chi connectivity index (χ1n) is 2.53. The molecule has 0 spiro atoms. The van der Waals surface area contributed by atoms with Crippen molar-refractivity contribution in [3.63, 3.8) is 0 Å². The molecule has 0 unspecified atom stereocenters. The van der Waals surface area contributed by atoms with Crippen LogP contribution in [0.2, 0.25) is 0 Å². The van der Waals surface area contributed by atoms with E-state index in [0.717, 1.165) is 12.2 Å². The summed E-state index contributed by atoms with van der Waals surface area (Å²) in [4.78, 5) is 20.2. The fourth-order valence-electron chi connectivity index (χ4n) is 0.270. The van der Waals surface area contributed by atoms with Gasteiger partial charge in [-0.1, -0.05) is 11.6 Å². The fraction of sp³-hybridized carbons (Fsp3) is 0. The SMILES string of the molecule is O=C(O)C(=O)/C=C/C(Cl)=C/O. The number of aliphatic carboxylic acids is 1. The third-order valence-electron chi connectivity index (χ3n) is 0.728. The number of carbonyl (C=O) groups is 2. The molecule has 0 aliphatic heterocycles. The lowest BCUT2D eigenvalue weighted by molar-refractivity contribution is -0.146. The molecule has 0 aromatic carbocycles. The van der Waals surface area contributed by atoms with Gasteiger partial charge in [-0.2, -0.15) is 0 Å². The van der Waals surface area contributed by atoms with E-state index in [0.29, 0.717) is 6.26 Å². The summed E-state index contributed by atoms with van der Waals surface area (Å²) in [7, 11) is 0. The number of carboxylic acid groups (broad SMARTS) is 1. The molecular weight excluding hydrogens is 172 g/mol. The van der Waals surface area contributed by atoms with Gasteiger partial charge in [-0.3, -0.25) is 4.79 Å². The van der Waals surface area contributed by atoms with E-state index in [-0.39, 0.29) is 5.03 Å². The molecule has 0 aromatic rings. The van der Waals surface area contributed by atoms with Crippen LogP contribution in [0.5, 0.6) is 0 Å². The maximum Gasteiger partial charge on any atom is 0.376 e. The smallest absolute Gasteiger partial charge is 0.376 e. The highest BCUT2D eigenvalue weighted by molar-refractivity contribution is 6.38. The minimum Gasteiger partial charge on any atom is -0.514 e. The quantitative estimate of drug-likeness (QED) is 0.289. The normalized spacial score (nSPS) is 11.9. The molecular formula is C6H5ClO4. The molecule has 0 bridgehead atoms. The van der Waals surface area contributed by atoms with Crippen molar-refractivity contribution in [2.45, 2.75) is 0 Å². The first kappa shape index (κ1) is 9.71. The monoisotopic (exact) mass is 176 g/mol. The Bertz CT molecular complexity index is 229. The molecule has 0 aliphatic carbocycles. The molecule has 0 saturated heterocycles. The third-order valence-corrected chi connectivity index (χ3v) is 0.952. The van der Waals surface area contributed by atoms with E-state index < -0.39 is 11.8 Å². The molecule has 0 rings (SSSR count). The van der Waals surface area contributed by atoms with Gasteiger partial charge in [0.05, 0.1) is 11.3 Å². The van der Waals surface area contributed by atoms with Gasteiger partial charge in [-0.25, -0.2) is 4.79 Å². The van der Waals surface area contributed by atoms with Gasteiger partial charge in [0.1, 0.15) is 0 Å². The van der Waals surface area contributed by atoms with Crippen molar-refractivity contribution in [2.75, 3.05) is 0 Å². The second kappa shape index (κ2) is 4.51. The Kier molecular flexibility index (Phi) is 3.98. The lowest BCUT2D eigenvalue weighted by Gasteiger charge is -1.83. The molecule has 60 valence electrons. The van der Waals surface area contributed by atoms with Gasteiger partial charge in [0.25, 0.3) is 5.78 Å². The molecule has 0 saturated carbocycles. The van der Waals surface area contributed by atoms with Crippen LogP contribution < -0.4 is 0 Å². The number of aliphatic hydroxyl groups excluding tert-OH is 1. The number of halogens is 1. The molecule has 0 heterocycles. The van der Waals surface area contributed by atoms with Crippen LogP contribution in [0, 0.1) is 0 Å². The Hall–Kier alpha value is -1.29. The van der Waals surface area contributed by atoms with Gasteiger partial charge in [0.2, 0.25) is 0 Å². The molecule has 0 amide bonds. The molecule has 0 radical (unpaired) electrons. The van der Waals surface area contributed by atoms with E-state index in [2.05, 4.69) is 0 Å². The number of hydrogen-bond donors (Lipinski definition) is 2. The maximum absolute atomic E-state index is 10.3. The number of aliphatic hydroxyl groups is 1. The van der Waals surface area contributed by atoms with Crippen molar-refractivity contribution in [1.29, 1.82) is 0 Å². The maximum atomic E-state index is 10.3. The summed E-state index contributed by atoms with van der Waals surface area (Å²) in [5.41, 5.74) is 0. The zero-order valence-electron chi connectivity index (χ0n) is 5.32. The van der Waals surface area contributed by atoms with E-state index >= 15 is 0 Å². The highest BCUT2D eigenvalue weighted by Gasteiger charge is 2.05. The Labute approximate surface area is 67.4 Å². The van der Waals surface area contributed by atoms with Crippen molar-refractivity contribution >= 4 is 23.4 Å². The molecule has 5 heteroatoms. The van der Waals surface area contributed by atoms with Gasteiger partial charge in [-0.15, -0.1) is 0 Å². The predicted molar refractivity (Wildman–Crippen MR) is 38.3 cm³/mol. The Balaban J connectivity index is 4.15. The van der Waals surface area contributed by atoms with Crippen molar-refractivity contribution in [3.8, 4) is 0 Å². The second-order valence-corrected chi connectivity index (χ2v) is 1.95. The Morgan fingerprint density at radius 1 is 1.27 bits per heavy atom. The summed E-state index contributed by atoms with van der Waals surface area (Å²) in [6, 6.07) is 0. The third kappa shape index (κ3) is 4.16. The number of ketones is 1. The summed E-state index contributed by atoms with van der Waals surface area (Å²) in [6.45, 7) is 0. The van der Waals surface area contributed by atoms with E-state index in [9.17, 15) is 9.59 Å². The molecule has 4 nitrogen and oxygen atoms in total. The molecule has 0 aromatic heterocycles. The topological polar surface area (TPSA) is 74.6 Å². The van der Waals surface area contributed by atoms with Crippen LogP contribution in [-0.2, 0) is 9.59 Å². The average molecular weight is 177 g/mol. The van der Waals surface area contributed by atoms with Gasteiger partial charge in [0.15, 0.2) is 0 Å². The van der Waals surface area contributed by atoms with E-state index in [1.54, 1.807) is 0 Å². The van der Waals surface area contributed by atoms with E-state index in [4.69, 9.17) is 21.8 Å². The van der Waals surface area contributed by atoms with E-state index in [1.807, 2.05) is 0 Å². The highest BCUT2D eigenvalue weighted by atomic mass is 35.5. The van der Waals surface area contributed by atoms with Gasteiger partial charge < -0.3 is 10.2 Å². The van der Waals surface area contributed by atoms with Gasteiger partial charge in [-0.05, 0) is 12.2 Å². The van der Waals surface area contributed by atoms with Crippen molar-refractivity contribution < 1.29 is 19.8 Å². The first-order chi connectivity index (χ1) is 5.07. The Morgan fingerprint density at radius 3 is 2.18 bits per heavy atom. The summed E-state index contributed by atoms with van der Waals surface area (Å²) < 4.78 is 0. The van der Waals surface area contributed by atoms with Crippen molar-refractivity contribution in [1.82, 2.24) is 0 Å². The average Bonchev–Trinajstić information content (AvgIpc) is 1.99. The minimum atomic E-state index is -1.57. The van der Waals surface area contributed by atoms with Crippen LogP contribution >= 0.6 is 11.6 Å². The first-order valence-corrected chi connectivity index (χ1v) is 2.91. The highest BCUT2D eigenvalue weighted by Crippen LogP contribution is 2.00. The van der Waals surface area contributed by atoms with Crippen LogP contribution in [0.4, 0.5) is 0 Å². The van der Waals surface area contributed by atoms with Crippen LogP contribution in [0.3, 0.4) is 0 Å². The number of hydrogen-bond acceptors (Lipinski definition) is 3.